The highest BCUT2D eigenvalue weighted by Crippen LogP contribution is 2.28. The molecule has 0 saturated heterocycles. The highest BCUT2D eigenvalue weighted by atomic mass is 35.5. The van der Waals surface area contributed by atoms with Gasteiger partial charge in [0.1, 0.15) is 0 Å². The van der Waals surface area contributed by atoms with Gasteiger partial charge in [0.05, 0.1) is 0 Å². The Kier molecular flexibility index (Phi) is 5.37. The minimum atomic E-state index is -1.60. The zero-order valence-corrected chi connectivity index (χ0v) is 8.94. The standard InChI is InChI=1S/C8H12Cl2NO2/c1-3-5-8(9,10)7(12)11(13)6-4-2/h4H,2-3,5-6H2,1H3/q-1. The first-order valence-corrected chi connectivity index (χ1v) is 4.69. The van der Waals surface area contributed by atoms with Crippen LogP contribution in [-0.2, 0) is 4.79 Å². The van der Waals surface area contributed by atoms with Crippen molar-refractivity contribution in [3.05, 3.63) is 17.9 Å². The van der Waals surface area contributed by atoms with E-state index in [1.807, 2.05) is 6.92 Å². The molecule has 1 amide bonds. The summed E-state index contributed by atoms with van der Waals surface area (Å²) < 4.78 is -1.60. The third-order valence-electron chi connectivity index (χ3n) is 1.40. The third-order valence-corrected chi connectivity index (χ3v) is 2.10. The van der Waals surface area contributed by atoms with Crippen molar-refractivity contribution in [2.24, 2.45) is 0 Å². The Balaban J connectivity index is 4.29. The van der Waals surface area contributed by atoms with E-state index in [1.54, 1.807) is 0 Å². The lowest BCUT2D eigenvalue weighted by atomic mass is 10.2. The summed E-state index contributed by atoms with van der Waals surface area (Å²) in [6.45, 7) is 5.07. The quantitative estimate of drug-likeness (QED) is 0.409. The molecule has 0 aliphatic rings. The van der Waals surface area contributed by atoms with Crippen LogP contribution in [0.4, 0.5) is 0 Å². The lowest BCUT2D eigenvalue weighted by molar-refractivity contribution is -0.129. The predicted octanol–water partition coefficient (Wildman–Crippen LogP) is 2.47. The van der Waals surface area contributed by atoms with Crippen LogP contribution in [0.15, 0.2) is 12.7 Å². The molecular weight excluding hydrogens is 213 g/mol. The van der Waals surface area contributed by atoms with Crippen LogP contribution in [0.1, 0.15) is 19.8 Å². The average molecular weight is 225 g/mol. The second-order valence-electron chi connectivity index (χ2n) is 2.61. The van der Waals surface area contributed by atoms with Crippen LogP contribution in [0.5, 0.6) is 0 Å². The number of hydrogen-bond donors (Lipinski definition) is 0. The maximum atomic E-state index is 11.2. The Morgan fingerprint density at radius 2 is 2.23 bits per heavy atom. The van der Waals surface area contributed by atoms with Crippen LogP contribution in [0, 0.1) is 5.21 Å². The summed E-state index contributed by atoms with van der Waals surface area (Å²) in [5.41, 5.74) is 0. The Bertz CT molecular complexity index is 195. The van der Waals surface area contributed by atoms with Crippen molar-refractivity contribution >= 4 is 29.1 Å². The van der Waals surface area contributed by atoms with Gasteiger partial charge in [-0.05, 0) is 6.42 Å². The van der Waals surface area contributed by atoms with E-state index in [0.29, 0.717) is 6.42 Å². The fraction of sp³-hybridized carbons (Fsp3) is 0.625. The van der Waals surface area contributed by atoms with Crippen molar-refractivity contribution in [1.82, 2.24) is 5.06 Å². The number of alkyl halides is 2. The van der Waals surface area contributed by atoms with Gasteiger partial charge in [-0.1, -0.05) is 42.6 Å². The largest absolute Gasteiger partial charge is 0.756 e. The van der Waals surface area contributed by atoms with Crippen molar-refractivity contribution in [1.29, 1.82) is 0 Å². The van der Waals surface area contributed by atoms with Gasteiger partial charge in [-0.25, -0.2) is 0 Å². The van der Waals surface area contributed by atoms with Gasteiger partial charge in [0.25, 0.3) is 0 Å². The first kappa shape index (κ1) is 12.8. The second-order valence-corrected chi connectivity index (χ2v) is 4.09. The highest BCUT2D eigenvalue weighted by Gasteiger charge is 2.32. The van der Waals surface area contributed by atoms with Crippen LogP contribution >= 0.6 is 23.2 Å². The van der Waals surface area contributed by atoms with E-state index in [2.05, 4.69) is 6.58 Å². The number of carbonyl (C=O) groups is 1. The van der Waals surface area contributed by atoms with E-state index in [4.69, 9.17) is 23.2 Å². The molecule has 0 aliphatic heterocycles. The van der Waals surface area contributed by atoms with E-state index in [1.165, 1.54) is 6.08 Å². The maximum absolute atomic E-state index is 11.2. The van der Waals surface area contributed by atoms with Gasteiger partial charge in [0.2, 0.25) is 5.91 Å². The molecule has 0 N–H and O–H groups in total. The van der Waals surface area contributed by atoms with Gasteiger partial charge in [0, 0.05) is 6.54 Å². The van der Waals surface area contributed by atoms with Crippen LogP contribution in [0.3, 0.4) is 0 Å². The topological polar surface area (TPSA) is 43.4 Å². The van der Waals surface area contributed by atoms with Crippen molar-refractivity contribution in [3.8, 4) is 0 Å². The summed E-state index contributed by atoms with van der Waals surface area (Å²) in [6, 6.07) is 0. The summed E-state index contributed by atoms with van der Waals surface area (Å²) in [7, 11) is 0. The van der Waals surface area contributed by atoms with Gasteiger partial charge >= 0.3 is 0 Å². The maximum Gasteiger partial charge on any atom is 0.248 e. The smallest absolute Gasteiger partial charge is 0.248 e. The van der Waals surface area contributed by atoms with Gasteiger partial charge in [-0.2, -0.15) is 0 Å². The lowest BCUT2D eigenvalue weighted by Gasteiger charge is -2.32. The number of halogens is 2. The fourth-order valence-corrected chi connectivity index (χ4v) is 1.37. The van der Waals surface area contributed by atoms with Crippen molar-refractivity contribution in [2.75, 3.05) is 6.54 Å². The molecular formula is C8H12Cl2NO2-. The van der Waals surface area contributed by atoms with Crippen molar-refractivity contribution in [3.63, 3.8) is 0 Å². The van der Waals surface area contributed by atoms with Crippen molar-refractivity contribution < 1.29 is 4.79 Å². The van der Waals surface area contributed by atoms with Crippen LogP contribution in [-0.4, -0.2) is 21.8 Å². The molecule has 13 heavy (non-hydrogen) atoms. The average Bonchev–Trinajstić information content (AvgIpc) is 2.03. The van der Waals surface area contributed by atoms with E-state index in [-0.39, 0.29) is 18.0 Å². The molecule has 5 heteroatoms. The fourth-order valence-electron chi connectivity index (χ4n) is 0.804. The summed E-state index contributed by atoms with van der Waals surface area (Å²) in [5.74, 6) is -0.822. The number of hydroxylamine groups is 2. The number of hydrogen-bond acceptors (Lipinski definition) is 2. The second kappa shape index (κ2) is 5.47. The summed E-state index contributed by atoms with van der Waals surface area (Å²) >= 11 is 11.3. The van der Waals surface area contributed by atoms with Crippen LogP contribution < -0.4 is 0 Å². The predicted molar refractivity (Wildman–Crippen MR) is 54.6 cm³/mol. The third kappa shape index (κ3) is 3.98. The normalized spacial score (nSPS) is 11.1. The molecule has 0 aromatic rings. The first-order valence-electron chi connectivity index (χ1n) is 3.93. The van der Waals surface area contributed by atoms with E-state index in [9.17, 15) is 10.0 Å². The summed E-state index contributed by atoms with van der Waals surface area (Å²) in [5, 5.41) is 11.2. The first-order chi connectivity index (χ1) is 5.95. The molecule has 0 fully saturated rings. The number of amides is 1. The molecule has 0 aliphatic carbocycles. The number of nitrogens with zero attached hydrogens (tertiary/aromatic N) is 1. The van der Waals surface area contributed by atoms with E-state index in [0.717, 1.165) is 0 Å². The molecule has 0 atom stereocenters. The molecule has 0 aromatic carbocycles. The van der Waals surface area contributed by atoms with E-state index < -0.39 is 10.2 Å². The number of carbonyl (C=O) groups excluding carboxylic acids is 1. The highest BCUT2D eigenvalue weighted by molar-refractivity contribution is 6.58. The zero-order chi connectivity index (χ0) is 10.5. The monoisotopic (exact) mass is 224 g/mol. The van der Waals surface area contributed by atoms with Gasteiger partial charge in [-0.3, -0.25) is 4.79 Å². The molecule has 0 rings (SSSR count). The minimum Gasteiger partial charge on any atom is -0.756 e. The molecule has 0 saturated carbocycles. The van der Waals surface area contributed by atoms with Crippen molar-refractivity contribution in [2.45, 2.75) is 24.1 Å². The van der Waals surface area contributed by atoms with E-state index >= 15 is 0 Å². The van der Waals surface area contributed by atoms with Gasteiger partial charge in [-0.15, -0.1) is 6.58 Å². The van der Waals surface area contributed by atoms with Gasteiger partial charge < -0.3 is 10.3 Å². The molecule has 0 heterocycles. The SMILES string of the molecule is C=CCN([O-])C(=O)C(Cl)(Cl)CCC. The Hall–Kier alpha value is -0.250. The lowest BCUT2D eigenvalue weighted by Crippen LogP contribution is -2.38. The summed E-state index contributed by atoms with van der Waals surface area (Å²) in [4.78, 5) is 11.2. The summed E-state index contributed by atoms with van der Waals surface area (Å²) in [6.07, 6.45) is 2.23. The molecule has 0 bridgehead atoms. The minimum absolute atomic E-state index is 0.0935. The van der Waals surface area contributed by atoms with Gasteiger partial charge in [0.15, 0.2) is 4.33 Å². The molecule has 76 valence electrons. The van der Waals surface area contributed by atoms with Crippen LogP contribution in [0.25, 0.3) is 0 Å². The zero-order valence-electron chi connectivity index (χ0n) is 7.43. The molecule has 3 nitrogen and oxygen atoms in total. The Morgan fingerprint density at radius 1 is 1.69 bits per heavy atom. The number of rotatable bonds is 5. The molecule has 0 spiro atoms. The molecule has 0 aromatic heterocycles. The molecule has 0 radical (unpaired) electrons. The van der Waals surface area contributed by atoms with Crippen LogP contribution in [0.2, 0.25) is 0 Å². The molecule has 0 unspecified atom stereocenters. The Morgan fingerprint density at radius 3 is 2.62 bits per heavy atom. The Labute approximate surface area is 87.9 Å².